The second kappa shape index (κ2) is 13.3. The summed E-state index contributed by atoms with van der Waals surface area (Å²) in [5, 5.41) is 2.98. The Balaban J connectivity index is 1.24. The zero-order valence-corrected chi connectivity index (χ0v) is 26.1. The first-order valence-electron chi connectivity index (χ1n) is 15.0. The number of ether oxygens (including phenoxy) is 1. The number of alkyl carbamates (subject to hydrolysis) is 1. The normalized spacial score (nSPS) is 15.9. The molecule has 42 heavy (non-hydrogen) atoms. The van der Waals surface area contributed by atoms with Crippen LogP contribution >= 0.6 is 11.3 Å². The minimum absolute atomic E-state index is 0.396. The van der Waals surface area contributed by atoms with E-state index in [0.29, 0.717) is 18.2 Å². The Hall–Kier alpha value is -3.43. The smallest absolute Gasteiger partial charge is 0.407 e. The molecule has 1 aromatic heterocycles. The van der Waals surface area contributed by atoms with E-state index in [2.05, 4.69) is 50.1 Å². The van der Waals surface area contributed by atoms with Crippen molar-refractivity contribution >= 4 is 35.1 Å². The minimum Gasteiger partial charge on any atom is -0.444 e. The molecule has 9 heteroatoms. The number of benzene rings is 2. The molecule has 1 aliphatic heterocycles. The van der Waals surface area contributed by atoms with Gasteiger partial charge in [-0.15, -0.1) is 11.3 Å². The quantitative estimate of drug-likeness (QED) is 0.269. The number of carbonyl (C=O) groups excluding carboxylic acids is 2. The average molecular weight is 590 g/mol. The fourth-order valence-corrected chi connectivity index (χ4v) is 6.33. The molecule has 1 amide bonds. The van der Waals surface area contributed by atoms with Crippen LogP contribution in [0, 0.1) is 6.92 Å². The van der Waals surface area contributed by atoms with Gasteiger partial charge in [0.25, 0.3) is 0 Å². The topological polar surface area (TPSA) is 78.0 Å². The van der Waals surface area contributed by atoms with Gasteiger partial charge in [-0.2, -0.15) is 0 Å². The number of anilines is 2. The maximum atomic E-state index is 12.5. The van der Waals surface area contributed by atoms with Crippen LogP contribution in [-0.4, -0.2) is 73.2 Å². The van der Waals surface area contributed by atoms with Gasteiger partial charge in [-0.25, -0.2) is 9.78 Å². The molecule has 0 spiro atoms. The predicted octanol–water partition coefficient (Wildman–Crippen LogP) is 6.14. The van der Waals surface area contributed by atoms with Crippen molar-refractivity contribution in [3.63, 3.8) is 0 Å². The van der Waals surface area contributed by atoms with E-state index < -0.39 is 11.7 Å². The number of amides is 1. The molecule has 1 saturated carbocycles. The lowest BCUT2D eigenvalue weighted by molar-refractivity contribution is 0.0523. The molecule has 3 aromatic rings. The second-order valence-corrected chi connectivity index (χ2v) is 13.1. The first kappa shape index (κ1) is 30.0. The third-order valence-electron chi connectivity index (χ3n) is 7.85. The van der Waals surface area contributed by atoms with Crippen molar-refractivity contribution in [2.75, 3.05) is 49.1 Å². The fourth-order valence-electron chi connectivity index (χ4n) is 5.53. The molecule has 2 fully saturated rings. The Morgan fingerprint density at radius 2 is 1.86 bits per heavy atom. The third-order valence-corrected chi connectivity index (χ3v) is 8.83. The van der Waals surface area contributed by atoms with Crippen molar-refractivity contribution in [3.05, 3.63) is 64.8 Å². The monoisotopic (exact) mass is 589 g/mol. The summed E-state index contributed by atoms with van der Waals surface area (Å²) in [5.41, 5.74) is 7.79. The highest BCUT2D eigenvalue weighted by Gasteiger charge is 2.31. The number of hydrogen-bond acceptors (Lipinski definition) is 8. The molecule has 0 radical (unpaired) electrons. The molecule has 2 aliphatic rings. The summed E-state index contributed by atoms with van der Waals surface area (Å²) in [5.74, 6) is 0. The Labute approximate surface area is 253 Å². The molecule has 2 aromatic carbocycles. The highest BCUT2D eigenvalue weighted by atomic mass is 32.1. The lowest BCUT2D eigenvalue weighted by atomic mass is 10.0. The SMILES string of the molecule is Cc1ncsc1-c1ccc(CNC(=O)OC(C)(C)C)c(N(CCCN2CCN(c3ccc(C=O)cc3)CC2)C2CC2)c1. The van der Waals surface area contributed by atoms with Crippen LogP contribution in [0.4, 0.5) is 16.2 Å². The lowest BCUT2D eigenvalue weighted by Gasteiger charge is -2.36. The lowest BCUT2D eigenvalue weighted by Crippen LogP contribution is -2.47. The molecule has 2 heterocycles. The van der Waals surface area contributed by atoms with E-state index >= 15 is 0 Å². The number of aldehydes is 1. The maximum absolute atomic E-state index is 12.5. The van der Waals surface area contributed by atoms with Gasteiger partial charge in [0.15, 0.2) is 0 Å². The van der Waals surface area contributed by atoms with Gasteiger partial charge in [0.05, 0.1) is 16.1 Å². The van der Waals surface area contributed by atoms with Crippen LogP contribution in [0.15, 0.2) is 48.0 Å². The Morgan fingerprint density at radius 1 is 1.12 bits per heavy atom. The zero-order valence-electron chi connectivity index (χ0n) is 25.3. The van der Waals surface area contributed by atoms with Crippen molar-refractivity contribution in [1.82, 2.24) is 15.2 Å². The average Bonchev–Trinajstić information content (AvgIpc) is 3.73. The summed E-state index contributed by atoms with van der Waals surface area (Å²) in [6.07, 6.45) is 3.97. The summed E-state index contributed by atoms with van der Waals surface area (Å²) >= 11 is 1.67. The van der Waals surface area contributed by atoms with E-state index in [0.717, 1.165) is 63.2 Å². The molecule has 1 saturated heterocycles. The summed E-state index contributed by atoms with van der Waals surface area (Å²) in [4.78, 5) is 36.6. The molecule has 224 valence electrons. The van der Waals surface area contributed by atoms with Crippen LogP contribution in [0.3, 0.4) is 0 Å². The summed E-state index contributed by atoms with van der Waals surface area (Å²) in [6.45, 7) is 14.2. The molecule has 0 bridgehead atoms. The third kappa shape index (κ3) is 7.89. The Kier molecular flexibility index (Phi) is 9.48. The Morgan fingerprint density at radius 3 is 2.48 bits per heavy atom. The van der Waals surface area contributed by atoms with Gasteiger partial charge in [-0.05, 0) is 95.0 Å². The molecule has 8 nitrogen and oxygen atoms in total. The van der Waals surface area contributed by atoms with E-state index in [9.17, 15) is 9.59 Å². The molecule has 0 atom stereocenters. The van der Waals surface area contributed by atoms with Crippen molar-refractivity contribution in [2.45, 2.75) is 65.1 Å². The van der Waals surface area contributed by atoms with E-state index in [1.807, 2.05) is 50.5 Å². The number of hydrogen-bond donors (Lipinski definition) is 1. The van der Waals surface area contributed by atoms with Crippen molar-refractivity contribution in [2.24, 2.45) is 0 Å². The highest BCUT2D eigenvalue weighted by molar-refractivity contribution is 7.13. The molecular weight excluding hydrogens is 546 g/mol. The van der Waals surface area contributed by atoms with Crippen molar-refractivity contribution in [3.8, 4) is 10.4 Å². The second-order valence-electron chi connectivity index (χ2n) is 12.3. The van der Waals surface area contributed by atoms with Gasteiger partial charge in [0, 0.05) is 62.2 Å². The number of carbonyl (C=O) groups is 2. The highest BCUT2D eigenvalue weighted by Crippen LogP contribution is 2.38. The fraction of sp³-hybridized carbons (Fsp3) is 0.485. The first-order valence-corrected chi connectivity index (χ1v) is 15.9. The number of nitrogens with one attached hydrogen (secondary N) is 1. The first-order chi connectivity index (χ1) is 20.2. The van der Waals surface area contributed by atoms with E-state index in [4.69, 9.17) is 4.74 Å². The largest absolute Gasteiger partial charge is 0.444 e. The number of piperazine rings is 1. The van der Waals surface area contributed by atoms with Crippen molar-refractivity contribution in [1.29, 1.82) is 0 Å². The molecule has 5 rings (SSSR count). The van der Waals surface area contributed by atoms with Crippen LogP contribution < -0.4 is 15.1 Å². The predicted molar refractivity (Wildman–Crippen MR) is 171 cm³/mol. The van der Waals surface area contributed by atoms with E-state index in [-0.39, 0.29) is 0 Å². The number of nitrogens with zero attached hydrogens (tertiary/aromatic N) is 4. The van der Waals surface area contributed by atoms with Gasteiger partial charge < -0.3 is 19.9 Å². The standard InChI is InChI=1S/C33H43N5O3S/c1-24-31(42-23-35-24)26-8-9-27(21-34-32(40)41-33(2,3)4)30(20-26)38(29-12-13-29)15-5-14-36-16-18-37(19-17-36)28-10-6-25(22-39)7-11-28/h6-11,20,22-23,29H,5,12-19,21H2,1-4H3,(H,34,40). The van der Waals surface area contributed by atoms with Gasteiger partial charge in [0.1, 0.15) is 11.9 Å². The van der Waals surface area contributed by atoms with Gasteiger partial charge in [0.2, 0.25) is 0 Å². The van der Waals surface area contributed by atoms with Crippen LogP contribution in [0.25, 0.3) is 10.4 Å². The minimum atomic E-state index is -0.535. The van der Waals surface area contributed by atoms with Gasteiger partial charge >= 0.3 is 6.09 Å². The van der Waals surface area contributed by atoms with Crippen LogP contribution in [0.5, 0.6) is 0 Å². The number of aromatic nitrogens is 1. The molecular formula is C33H43N5O3S. The van der Waals surface area contributed by atoms with Gasteiger partial charge in [-0.3, -0.25) is 9.69 Å². The van der Waals surface area contributed by atoms with Crippen molar-refractivity contribution < 1.29 is 14.3 Å². The summed E-state index contributed by atoms with van der Waals surface area (Å²) in [6, 6.07) is 15.0. The Bertz CT molecular complexity index is 1350. The number of thiazole rings is 1. The van der Waals surface area contributed by atoms with E-state index in [1.54, 1.807) is 11.3 Å². The van der Waals surface area contributed by atoms with Gasteiger partial charge in [-0.1, -0.05) is 12.1 Å². The summed E-state index contributed by atoms with van der Waals surface area (Å²) < 4.78 is 5.50. The number of aryl methyl sites for hydroxylation is 1. The maximum Gasteiger partial charge on any atom is 0.407 e. The van der Waals surface area contributed by atoms with Crippen LogP contribution in [-0.2, 0) is 11.3 Å². The zero-order chi connectivity index (χ0) is 29.7. The van der Waals surface area contributed by atoms with Crippen LogP contribution in [0.1, 0.15) is 61.6 Å². The van der Waals surface area contributed by atoms with E-state index in [1.165, 1.54) is 34.7 Å². The summed E-state index contributed by atoms with van der Waals surface area (Å²) in [7, 11) is 0. The van der Waals surface area contributed by atoms with Crippen LogP contribution in [0.2, 0.25) is 0 Å². The molecule has 1 N–H and O–H groups in total. The number of rotatable bonds is 11. The molecule has 0 unspecified atom stereocenters. The molecule has 1 aliphatic carbocycles.